The molecule has 0 saturated carbocycles. The fourth-order valence-electron chi connectivity index (χ4n) is 0.105. The highest BCUT2D eigenvalue weighted by molar-refractivity contribution is 5.53. The Bertz CT molecular complexity index is 178. The largest absolute Gasteiger partial charge is 0.503 e. The van der Waals surface area contributed by atoms with Crippen LogP contribution >= 0.6 is 0 Å². The third-order valence-corrected chi connectivity index (χ3v) is 0.552. The van der Waals surface area contributed by atoms with E-state index in [1.54, 1.807) is 27.7 Å². The van der Waals surface area contributed by atoms with Crippen molar-refractivity contribution in [3.63, 3.8) is 0 Å². The number of hydrogen-bond acceptors (Lipinski definition) is 10. The Morgan fingerprint density at radius 1 is 0.783 bits per heavy atom. The summed E-state index contributed by atoms with van der Waals surface area (Å²) >= 11 is 0. The molecule has 0 aliphatic carbocycles. The highest BCUT2D eigenvalue weighted by atomic mass is 17.5. The lowest BCUT2D eigenvalue weighted by atomic mass is 10.5. The van der Waals surface area contributed by atoms with Crippen LogP contribution in [0.1, 0.15) is 27.7 Å². The van der Waals surface area contributed by atoms with Crippen molar-refractivity contribution in [1.82, 2.24) is 0 Å². The summed E-state index contributed by atoms with van der Waals surface area (Å²) < 4.78 is 0. The lowest BCUT2D eigenvalue weighted by Gasteiger charge is -1.91. The van der Waals surface area contributed by atoms with Crippen molar-refractivity contribution in [2.24, 2.45) is 0 Å². The molecule has 0 bridgehead atoms. The molecule has 7 N–H and O–H groups in total. The Kier molecular flexibility index (Phi) is 53.0. The molecule has 0 amide bonds. The van der Waals surface area contributed by atoms with E-state index in [0.29, 0.717) is 13.2 Å². The maximum atomic E-state index is 8.56. The van der Waals surface area contributed by atoms with Gasteiger partial charge in [-0.1, -0.05) is 10.1 Å². The van der Waals surface area contributed by atoms with Crippen LogP contribution in [0.15, 0.2) is 0 Å². The predicted octanol–water partition coefficient (Wildman–Crippen LogP) is 2.18. The zero-order valence-electron chi connectivity index (χ0n) is 13.0. The molecule has 0 rings (SSSR count). The first-order chi connectivity index (χ1) is 10.6. The lowest BCUT2D eigenvalue weighted by Crippen LogP contribution is -1.95. The van der Waals surface area contributed by atoms with Crippen molar-refractivity contribution < 1.29 is 70.5 Å². The molecular formula is C9H24O14. The summed E-state index contributed by atoms with van der Waals surface area (Å²) in [6, 6.07) is 0. The molecule has 14 heteroatoms. The fraction of sp³-hybridized carbons (Fsp3) is 0.778. The zero-order valence-corrected chi connectivity index (χ0v) is 13.0. The van der Waals surface area contributed by atoms with Crippen LogP contribution in [0.5, 0.6) is 0 Å². The van der Waals surface area contributed by atoms with Gasteiger partial charge in [-0.2, -0.15) is 0 Å². The van der Waals surface area contributed by atoms with Crippen molar-refractivity contribution in [2.45, 2.75) is 33.8 Å². The molecular weight excluding hydrogens is 332 g/mol. The van der Waals surface area contributed by atoms with Crippen LogP contribution in [0.4, 0.5) is 9.59 Å². The molecule has 0 saturated heterocycles. The van der Waals surface area contributed by atoms with Gasteiger partial charge in [0.15, 0.2) is 0 Å². The predicted molar refractivity (Wildman–Crippen MR) is 70.8 cm³/mol. The molecule has 0 aliphatic heterocycles. The highest BCUT2D eigenvalue weighted by Crippen LogP contribution is 1.77. The van der Waals surface area contributed by atoms with Crippen molar-refractivity contribution in [3.05, 3.63) is 0 Å². The monoisotopic (exact) mass is 356 g/mol. The fourth-order valence-corrected chi connectivity index (χ4v) is 0.105. The smallest absolute Gasteiger partial charge is 0.450 e. The second-order valence-corrected chi connectivity index (χ2v) is 2.68. The van der Waals surface area contributed by atoms with Gasteiger partial charge in [0.1, 0.15) is 0 Å². The zero-order chi connectivity index (χ0) is 19.7. The third kappa shape index (κ3) is 377. The van der Waals surface area contributed by atoms with Crippen LogP contribution in [-0.2, 0) is 24.7 Å². The second-order valence-electron chi connectivity index (χ2n) is 2.68. The van der Waals surface area contributed by atoms with E-state index < -0.39 is 12.3 Å². The Labute approximate surface area is 131 Å². The first-order valence-corrected chi connectivity index (χ1v) is 5.57. The number of carbonyl (C=O) groups is 2. The first kappa shape index (κ1) is 33.0. The van der Waals surface area contributed by atoms with Gasteiger partial charge in [0.2, 0.25) is 0 Å². The van der Waals surface area contributed by atoms with E-state index in [1.807, 2.05) is 0 Å². The van der Waals surface area contributed by atoms with E-state index in [0.717, 1.165) is 0 Å². The summed E-state index contributed by atoms with van der Waals surface area (Å²) in [5.41, 5.74) is 0. The van der Waals surface area contributed by atoms with Crippen molar-refractivity contribution in [2.75, 3.05) is 13.2 Å². The SMILES string of the molecule is CC(C)OO.CCOOO.CCOOO.O=C(O)O.O=C(O)O. The van der Waals surface area contributed by atoms with E-state index in [-0.39, 0.29) is 6.10 Å². The van der Waals surface area contributed by atoms with Gasteiger partial charge in [-0.25, -0.2) is 34.8 Å². The Hall–Kier alpha value is -1.78. The topological polar surface area (TPSA) is 222 Å². The van der Waals surface area contributed by atoms with Gasteiger partial charge in [-0.05, 0) is 27.7 Å². The number of carboxylic acid groups (broad SMARTS) is 4. The Morgan fingerprint density at radius 3 is 0.957 bits per heavy atom. The molecule has 23 heavy (non-hydrogen) atoms. The number of hydrogen-bond donors (Lipinski definition) is 7. The second kappa shape index (κ2) is 36.9. The average Bonchev–Trinajstić information content (AvgIpc) is 2.40. The molecule has 0 aromatic rings. The molecule has 0 aromatic carbocycles. The van der Waals surface area contributed by atoms with Crippen molar-refractivity contribution in [1.29, 1.82) is 0 Å². The average molecular weight is 356 g/mol. The number of rotatable bonds is 5. The van der Waals surface area contributed by atoms with Crippen LogP contribution in [0, 0.1) is 0 Å². The van der Waals surface area contributed by atoms with Gasteiger partial charge < -0.3 is 20.4 Å². The third-order valence-electron chi connectivity index (χ3n) is 0.552. The normalized spacial score (nSPS) is 7.83. The summed E-state index contributed by atoms with van der Waals surface area (Å²) in [4.78, 5) is 28.6. The lowest BCUT2D eigenvalue weighted by molar-refractivity contribution is -0.489. The van der Waals surface area contributed by atoms with Crippen molar-refractivity contribution in [3.8, 4) is 0 Å². The van der Waals surface area contributed by atoms with Crippen LogP contribution in [0.2, 0.25) is 0 Å². The summed E-state index contributed by atoms with van der Waals surface area (Å²) in [6.45, 7) is 7.65. The summed E-state index contributed by atoms with van der Waals surface area (Å²) in [6.07, 6.45) is -3.73. The Morgan fingerprint density at radius 2 is 0.957 bits per heavy atom. The van der Waals surface area contributed by atoms with Crippen LogP contribution in [-0.4, -0.2) is 67.8 Å². The van der Waals surface area contributed by atoms with E-state index >= 15 is 0 Å². The quantitative estimate of drug-likeness (QED) is 0.277. The van der Waals surface area contributed by atoms with Crippen LogP contribution in [0.3, 0.4) is 0 Å². The van der Waals surface area contributed by atoms with E-state index in [1.165, 1.54) is 0 Å². The maximum absolute atomic E-state index is 8.56. The molecule has 14 nitrogen and oxygen atoms in total. The minimum atomic E-state index is -1.83. The summed E-state index contributed by atoms with van der Waals surface area (Å²) in [5.74, 6) is 0. The molecule has 0 aliphatic rings. The molecule has 0 heterocycles. The molecule has 0 fully saturated rings. The van der Waals surface area contributed by atoms with E-state index in [4.69, 9.17) is 45.8 Å². The van der Waals surface area contributed by atoms with Gasteiger partial charge in [-0.15, -0.1) is 0 Å². The summed E-state index contributed by atoms with van der Waals surface area (Å²) in [5, 5.41) is 56.6. The van der Waals surface area contributed by atoms with Gasteiger partial charge in [-0.3, -0.25) is 5.26 Å². The molecule has 0 spiro atoms. The minimum absolute atomic E-state index is 0.0602. The van der Waals surface area contributed by atoms with Gasteiger partial charge in [0.25, 0.3) is 0 Å². The maximum Gasteiger partial charge on any atom is 0.503 e. The Balaban J connectivity index is -0.0000000589. The standard InChI is InChI=1S/C3H8O2.2C2H6O3.2CH2O3/c1-3(2)5-4;2*1-2-4-5-3;2*2-1(3)4/h3-4H,1-2H3;2*3H,2H2,1H3;2*(H2,2,3,4). The summed E-state index contributed by atoms with van der Waals surface area (Å²) in [7, 11) is 0. The first-order valence-electron chi connectivity index (χ1n) is 5.57. The van der Waals surface area contributed by atoms with Gasteiger partial charge in [0, 0.05) is 0 Å². The molecule has 0 atom stereocenters. The molecule has 0 radical (unpaired) electrons. The van der Waals surface area contributed by atoms with Crippen LogP contribution < -0.4 is 0 Å². The van der Waals surface area contributed by atoms with E-state index in [2.05, 4.69) is 24.7 Å². The molecule has 144 valence electrons. The van der Waals surface area contributed by atoms with Gasteiger partial charge in [0.05, 0.1) is 19.3 Å². The minimum Gasteiger partial charge on any atom is -0.450 e. The molecule has 0 aromatic heterocycles. The van der Waals surface area contributed by atoms with E-state index in [9.17, 15) is 0 Å². The van der Waals surface area contributed by atoms with Gasteiger partial charge >= 0.3 is 12.3 Å². The van der Waals surface area contributed by atoms with Crippen molar-refractivity contribution >= 4 is 12.3 Å². The highest BCUT2D eigenvalue weighted by Gasteiger charge is 1.81. The molecule has 0 unspecified atom stereocenters. The van der Waals surface area contributed by atoms with Crippen LogP contribution in [0.25, 0.3) is 0 Å².